The molecule has 1 saturated heterocycles. The number of aromatic nitrogens is 4. The Morgan fingerprint density at radius 3 is 2.76 bits per heavy atom. The summed E-state index contributed by atoms with van der Waals surface area (Å²) >= 11 is 0. The minimum absolute atomic E-state index is 0.261. The minimum atomic E-state index is -3.45. The van der Waals surface area contributed by atoms with E-state index in [1.807, 2.05) is 42.6 Å². The van der Waals surface area contributed by atoms with Gasteiger partial charge in [0.25, 0.3) is 0 Å². The van der Waals surface area contributed by atoms with Crippen molar-refractivity contribution in [1.29, 1.82) is 0 Å². The number of aliphatic hydroxyl groups excluding tert-OH is 1. The van der Waals surface area contributed by atoms with Crippen LogP contribution >= 0.6 is 0 Å². The highest BCUT2D eigenvalue weighted by Crippen LogP contribution is 2.33. The summed E-state index contributed by atoms with van der Waals surface area (Å²) < 4.78 is 29.0. The first-order chi connectivity index (χ1) is 15.8. The molecular formula is C23H30N6O3S. The lowest BCUT2D eigenvalue weighted by molar-refractivity contribution is 0.00463. The maximum absolute atomic E-state index is 12.3. The Hall–Kier alpha value is -2.82. The summed E-state index contributed by atoms with van der Waals surface area (Å²) in [6, 6.07) is 12.8. The summed E-state index contributed by atoms with van der Waals surface area (Å²) in [5.74, 6) is 0. The summed E-state index contributed by atoms with van der Waals surface area (Å²) in [5, 5.41) is 18.9. The predicted octanol–water partition coefficient (Wildman–Crippen LogP) is 2.57. The van der Waals surface area contributed by atoms with Crippen LogP contribution in [0.2, 0.25) is 0 Å². The van der Waals surface area contributed by atoms with E-state index in [-0.39, 0.29) is 6.04 Å². The minimum Gasteiger partial charge on any atom is -0.391 e. The summed E-state index contributed by atoms with van der Waals surface area (Å²) in [6.45, 7) is 5.15. The predicted molar refractivity (Wildman–Crippen MR) is 126 cm³/mol. The number of sulfonamides is 1. The Bertz CT molecular complexity index is 1170. The Kier molecular flexibility index (Phi) is 7.06. The van der Waals surface area contributed by atoms with Crippen LogP contribution in [0.15, 0.2) is 54.9 Å². The van der Waals surface area contributed by atoms with Crippen LogP contribution < -0.4 is 4.72 Å². The van der Waals surface area contributed by atoms with Gasteiger partial charge in [-0.2, -0.15) is 0 Å². The molecule has 0 spiro atoms. The highest BCUT2D eigenvalue weighted by molar-refractivity contribution is 7.93. The molecule has 2 aromatic heterocycles. The molecule has 0 amide bonds. The van der Waals surface area contributed by atoms with Crippen molar-refractivity contribution in [2.24, 2.45) is 0 Å². The van der Waals surface area contributed by atoms with Crippen molar-refractivity contribution >= 4 is 15.7 Å². The van der Waals surface area contributed by atoms with Crippen molar-refractivity contribution < 1.29 is 13.5 Å². The van der Waals surface area contributed by atoms with Gasteiger partial charge in [0.15, 0.2) is 0 Å². The van der Waals surface area contributed by atoms with Crippen LogP contribution in [0.1, 0.15) is 49.7 Å². The average Bonchev–Trinajstić information content (AvgIpc) is 3.21. The largest absolute Gasteiger partial charge is 0.391 e. The second kappa shape index (κ2) is 9.98. The number of hydrogen-bond donors (Lipinski definition) is 2. The van der Waals surface area contributed by atoms with Crippen LogP contribution in [0.5, 0.6) is 0 Å². The summed E-state index contributed by atoms with van der Waals surface area (Å²) in [6.07, 6.45) is 4.66. The normalized spacial score (nSPS) is 19.6. The fraction of sp³-hybridized carbons (Fsp3) is 0.435. The summed E-state index contributed by atoms with van der Waals surface area (Å²) in [4.78, 5) is 6.50. The first kappa shape index (κ1) is 23.3. The number of nitrogens with one attached hydrogen (secondary N) is 1. The zero-order chi connectivity index (χ0) is 23.4. The molecular weight excluding hydrogens is 440 g/mol. The molecule has 0 radical (unpaired) electrons. The van der Waals surface area contributed by atoms with Gasteiger partial charge >= 0.3 is 0 Å². The standard InChI is InChI=1S/C23H30N6O3S/c1-17(2)33(31,32)26-19-9-5-7-18(13-19)23-22(30)10-6-12-28(23)14-21-16-29(27-25-21)15-20-8-3-4-11-24-20/h3-5,7-9,11,13,16-17,22-23,26,30H,6,10,12,14-15H2,1-2H3/t22-,23?/m1/s1. The van der Waals surface area contributed by atoms with E-state index in [0.29, 0.717) is 25.2 Å². The molecule has 2 atom stereocenters. The lowest BCUT2D eigenvalue weighted by Crippen LogP contribution is -2.41. The molecule has 3 heterocycles. The lowest BCUT2D eigenvalue weighted by atomic mass is 9.92. The van der Waals surface area contributed by atoms with Crippen molar-refractivity contribution in [3.63, 3.8) is 0 Å². The summed E-state index contributed by atoms with van der Waals surface area (Å²) in [7, 11) is -3.45. The van der Waals surface area contributed by atoms with E-state index in [4.69, 9.17) is 0 Å². The van der Waals surface area contributed by atoms with Crippen molar-refractivity contribution in [3.05, 3.63) is 71.8 Å². The molecule has 33 heavy (non-hydrogen) atoms. The second-order valence-electron chi connectivity index (χ2n) is 8.67. The number of piperidine rings is 1. The number of rotatable bonds is 8. The number of pyridine rings is 1. The number of nitrogens with zero attached hydrogens (tertiary/aromatic N) is 5. The van der Waals surface area contributed by atoms with Crippen LogP contribution in [0.3, 0.4) is 0 Å². The molecule has 0 bridgehead atoms. The molecule has 1 aliphatic rings. The second-order valence-corrected chi connectivity index (χ2v) is 10.9. The lowest BCUT2D eigenvalue weighted by Gasteiger charge is -2.39. The number of aliphatic hydroxyl groups is 1. The van der Waals surface area contributed by atoms with Crippen molar-refractivity contribution in [2.45, 2.75) is 57.2 Å². The van der Waals surface area contributed by atoms with Gasteiger partial charge in [0.2, 0.25) is 10.0 Å². The molecule has 1 unspecified atom stereocenters. The van der Waals surface area contributed by atoms with Crippen LogP contribution in [-0.4, -0.2) is 56.3 Å². The van der Waals surface area contributed by atoms with Crippen LogP contribution in [-0.2, 0) is 23.1 Å². The van der Waals surface area contributed by atoms with E-state index in [1.54, 1.807) is 30.8 Å². The number of likely N-dealkylation sites (tertiary alicyclic amines) is 1. The smallest absolute Gasteiger partial charge is 0.235 e. The molecule has 1 aliphatic heterocycles. The molecule has 2 N–H and O–H groups in total. The number of benzene rings is 1. The van der Waals surface area contributed by atoms with E-state index >= 15 is 0 Å². The third kappa shape index (κ3) is 5.76. The highest BCUT2D eigenvalue weighted by atomic mass is 32.2. The maximum atomic E-state index is 12.3. The Morgan fingerprint density at radius 1 is 1.15 bits per heavy atom. The molecule has 0 aliphatic carbocycles. The third-order valence-corrected chi connectivity index (χ3v) is 7.57. The van der Waals surface area contributed by atoms with Crippen molar-refractivity contribution in [2.75, 3.05) is 11.3 Å². The van der Waals surface area contributed by atoms with Gasteiger partial charge in [-0.25, -0.2) is 13.1 Å². The molecule has 4 rings (SSSR count). The molecule has 10 heteroatoms. The first-order valence-corrected chi connectivity index (χ1v) is 12.7. The van der Waals surface area contributed by atoms with Gasteiger partial charge in [-0.05, 0) is 63.1 Å². The van der Waals surface area contributed by atoms with E-state index in [1.165, 1.54) is 0 Å². The van der Waals surface area contributed by atoms with Gasteiger partial charge in [0, 0.05) is 18.4 Å². The number of anilines is 1. The molecule has 9 nitrogen and oxygen atoms in total. The topological polar surface area (TPSA) is 113 Å². The Morgan fingerprint density at radius 2 is 2.00 bits per heavy atom. The van der Waals surface area contributed by atoms with Crippen molar-refractivity contribution in [1.82, 2.24) is 24.9 Å². The van der Waals surface area contributed by atoms with E-state index in [2.05, 4.69) is 24.9 Å². The average molecular weight is 471 g/mol. The zero-order valence-electron chi connectivity index (χ0n) is 18.9. The van der Waals surface area contributed by atoms with Crippen LogP contribution in [0.25, 0.3) is 0 Å². The monoisotopic (exact) mass is 470 g/mol. The first-order valence-electron chi connectivity index (χ1n) is 11.1. The molecule has 1 fully saturated rings. The quantitative estimate of drug-likeness (QED) is 0.520. The van der Waals surface area contributed by atoms with Gasteiger partial charge in [-0.1, -0.05) is 23.4 Å². The number of hydrogen-bond acceptors (Lipinski definition) is 7. The fourth-order valence-electron chi connectivity index (χ4n) is 4.08. The van der Waals surface area contributed by atoms with Crippen LogP contribution in [0.4, 0.5) is 5.69 Å². The third-order valence-electron chi connectivity index (χ3n) is 5.81. The Balaban J connectivity index is 1.51. The van der Waals surface area contributed by atoms with Crippen LogP contribution in [0, 0.1) is 0 Å². The zero-order valence-corrected chi connectivity index (χ0v) is 19.7. The van der Waals surface area contributed by atoms with Gasteiger partial charge in [-0.3, -0.25) is 14.6 Å². The SMILES string of the molecule is CC(C)S(=O)(=O)Nc1cccc(C2[C@H](O)CCCN2Cc2cn(Cc3ccccn3)nn2)c1. The van der Waals surface area contributed by atoms with E-state index in [0.717, 1.165) is 29.9 Å². The van der Waals surface area contributed by atoms with Gasteiger partial charge in [0.1, 0.15) is 0 Å². The Labute approximate surface area is 194 Å². The summed E-state index contributed by atoms with van der Waals surface area (Å²) in [5.41, 5.74) is 3.08. The van der Waals surface area contributed by atoms with Gasteiger partial charge in [-0.15, -0.1) is 5.10 Å². The molecule has 3 aromatic rings. The van der Waals surface area contributed by atoms with Crippen molar-refractivity contribution in [3.8, 4) is 0 Å². The van der Waals surface area contributed by atoms with Gasteiger partial charge in [0.05, 0.1) is 41.5 Å². The molecule has 0 saturated carbocycles. The molecule has 1 aromatic carbocycles. The maximum Gasteiger partial charge on any atom is 0.235 e. The molecule has 176 valence electrons. The highest BCUT2D eigenvalue weighted by Gasteiger charge is 2.32. The van der Waals surface area contributed by atoms with E-state index in [9.17, 15) is 13.5 Å². The van der Waals surface area contributed by atoms with E-state index < -0.39 is 21.4 Å². The fourth-order valence-corrected chi connectivity index (χ4v) is 4.77. The van der Waals surface area contributed by atoms with Gasteiger partial charge < -0.3 is 5.11 Å².